The minimum absolute atomic E-state index is 0.447. The number of hydrogen-bond donors (Lipinski definition) is 3. The van der Waals surface area contributed by atoms with Gasteiger partial charge in [-0.2, -0.15) is 0 Å². The summed E-state index contributed by atoms with van der Waals surface area (Å²) in [6.45, 7) is 0.987. The quantitative estimate of drug-likeness (QED) is 0.552. The third kappa shape index (κ3) is 5.77. The van der Waals surface area contributed by atoms with Crippen LogP contribution in [0.15, 0.2) is 48.5 Å². The summed E-state index contributed by atoms with van der Waals surface area (Å²) in [6.07, 6.45) is 0. The van der Waals surface area contributed by atoms with Gasteiger partial charge in [-0.25, -0.2) is 0 Å². The Morgan fingerprint density at radius 2 is 1.96 bits per heavy atom. The second kappa shape index (κ2) is 8.36. The molecule has 0 heterocycles. The fraction of sp³-hybridized carbons (Fsp3) is 0.125. The molecule has 1 amide bonds. The Bertz CT molecular complexity index is 692. The van der Waals surface area contributed by atoms with E-state index in [4.69, 9.17) is 34.3 Å². The van der Waals surface area contributed by atoms with Crippen LogP contribution in [-0.2, 0) is 0 Å². The lowest BCUT2D eigenvalue weighted by atomic mass is 10.2. The first-order valence-electron chi connectivity index (χ1n) is 6.87. The first-order valence-corrected chi connectivity index (χ1v) is 7.66. The van der Waals surface area contributed by atoms with Gasteiger partial charge in [-0.3, -0.25) is 4.79 Å². The molecule has 4 N–H and O–H groups in total. The van der Waals surface area contributed by atoms with Crippen LogP contribution in [0.5, 0.6) is 5.75 Å². The monoisotopic (exact) mass is 349 g/mol. The van der Waals surface area contributed by atoms with E-state index in [2.05, 4.69) is 10.6 Å². The van der Waals surface area contributed by atoms with E-state index in [0.717, 1.165) is 5.69 Å². The molecule has 0 unspecified atom stereocenters. The van der Waals surface area contributed by atoms with Crippen LogP contribution in [0.3, 0.4) is 0 Å². The molecule has 0 aliphatic carbocycles. The number of nitrogens with two attached hydrogens (primary N) is 1. The number of ether oxygens (including phenoxy) is 1. The second-order valence-corrected chi connectivity index (χ2v) is 5.47. The molecule has 0 atom stereocenters. The molecule has 0 saturated carbocycles. The normalized spacial score (nSPS) is 9.96. The van der Waals surface area contributed by atoms with Gasteiger partial charge < -0.3 is 21.1 Å². The summed E-state index contributed by atoms with van der Waals surface area (Å²) in [5.74, 6) is 0.246. The lowest BCUT2D eigenvalue weighted by Gasteiger charge is -2.11. The highest BCUT2D eigenvalue weighted by Crippen LogP contribution is 2.16. The fourth-order valence-corrected chi connectivity index (χ4v) is 2.18. The molecule has 0 aliphatic rings. The molecule has 0 bridgehead atoms. The maximum atomic E-state index is 11.0. The Morgan fingerprint density at radius 1 is 1.22 bits per heavy atom. The van der Waals surface area contributed by atoms with Crippen molar-refractivity contribution in [3.8, 4) is 5.75 Å². The van der Waals surface area contributed by atoms with Crippen molar-refractivity contribution in [1.82, 2.24) is 5.32 Å². The van der Waals surface area contributed by atoms with Gasteiger partial charge in [0.25, 0.3) is 0 Å². The number of halogens is 1. The summed E-state index contributed by atoms with van der Waals surface area (Å²) in [5, 5.41) is 7.13. The Hall–Kier alpha value is -2.31. The van der Waals surface area contributed by atoms with Crippen LogP contribution >= 0.6 is 23.8 Å². The standard InChI is InChI=1S/C16H16ClN3O2S/c17-12-2-1-3-14(10-12)22-9-8-19-16(23)20-13-6-4-11(5-7-13)15(18)21/h1-7,10H,8-9H2,(H2,18,21)(H2,19,20,23). The number of nitrogens with one attached hydrogen (secondary N) is 2. The van der Waals surface area contributed by atoms with E-state index in [1.807, 2.05) is 12.1 Å². The van der Waals surface area contributed by atoms with Crippen molar-refractivity contribution in [2.24, 2.45) is 5.73 Å². The van der Waals surface area contributed by atoms with Crippen molar-refractivity contribution in [3.63, 3.8) is 0 Å². The van der Waals surface area contributed by atoms with E-state index in [1.54, 1.807) is 36.4 Å². The third-order valence-electron chi connectivity index (χ3n) is 2.88. The van der Waals surface area contributed by atoms with Gasteiger partial charge in [-0.05, 0) is 54.7 Å². The summed E-state index contributed by atoms with van der Waals surface area (Å²) in [4.78, 5) is 11.0. The van der Waals surface area contributed by atoms with Gasteiger partial charge >= 0.3 is 0 Å². The molecule has 0 radical (unpaired) electrons. The van der Waals surface area contributed by atoms with Gasteiger partial charge in [0.2, 0.25) is 5.91 Å². The summed E-state index contributed by atoms with van der Waals surface area (Å²) >= 11 is 11.1. The summed E-state index contributed by atoms with van der Waals surface area (Å²) in [7, 11) is 0. The van der Waals surface area contributed by atoms with E-state index in [9.17, 15) is 4.79 Å². The van der Waals surface area contributed by atoms with Crippen molar-refractivity contribution in [2.45, 2.75) is 0 Å². The molecule has 0 spiro atoms. The van der Waals surface area contributed by atoms with E-state index in [-0.39, 0.29) is 0 Å². The number of carbonyl (C=O) groups excluding carboxylic acids is 1. The lowest BCUT2D eigenvalue weighted by Crippen LogP contribution is -2.31. The minimum atomic E-state index is -0.463. The summed E-state index contributed by atoms with van der Waals surface area (Å²) in [5.41, 5.74) is 6.40. The number of carbonyl (C=O) groups is 1. The first-order chi connectivity index (χ1) is 11.0. The molecule has 2 aromatic carbocycles. The highest BCUT2D eigenvalue weighted by molar-refractivity contribution is 7.80. The van der Waals surface area contributed by atoms with Gasteiger partial charge in [0.15, 0.2) is 5.11 Å². The Labute approximate surface area is 144 Å². The number of anilines is 1. The molecule has 2 aromatic rings. The predicted octanol–water partition coefficient (Wildman–Crippen LogP) is 2.80. The second-order valence-electron chi connectivity index (χ2n) is 4.63. The predicted molar refractivity (Wildman–Crippen MR) is 96.1 cm³/mol. The number of thiocarbonyl (C=S) groups is 1. The van der Waals surface area contributed by atoms with Crippen LogP contribution in [-0.4, -0.2) is 24.2 Å². The molecule has 0 saturated heterocycles. The maximum Gasteiger partial charge on any atom is 0.248 e. The number of hydrogen-bond acceptors (Lipinski definition) is 3. The van der Waals surface area contributed by atoms with E-state index in [1.165, 1.54) is 0 Å². The zero-order valence-corrected chi connectivity index (χ0v) is 13.8. The van der Waals surface area contributed by atoms with Crippen LogP contribution in [0.1, 0.15) is 10.4 Å². The average molecular weight is 350 g/mol. The maximum absolute atomic E-state index is 11.0. The highest BCUT2D eigenvalue weighted by atomic mass is 35.5. The van der Waals surface area contributed by atoms with Gasteiger partial charge in [0.05, 0.1) is 6.54 Å². The van der Waals surface area contributed by atoms with E-state index < -0.39 is 5.91 Å². The van der Waals surface area contributed by atoms with Crippen molar-refractivity contribution in [2.75, 3.05) is 18.5 Å². The van der Waals surface area contributed by atoms with Crippen molar-refractivity contribution in [3.05, 3.63) is 59.1 Å². The largest absolute Gasteiger partial charge is 0.492 e. The zero-order valence-electron chi connectivity index (χ0n) is 12.2. The molecule has 23 heavy (non-hydrogen) atoms. The van der Waals surface area contributed by atoms with Gasteiger partial charge in [0, 0.05) is 16.3 Å². The molecule has 2 rings (SSSR count). The number of amides is 1. The molecule has 0 fully saturated rings. The summed E-state index contributed by atoms with van der Waals surface area (Å²) in [6, 6.07) is 13.9. The van der Waals surface area contributed by atoms with Crippen LogP contribution in [0.25, 0.3) is 0 Å². The zero-order chi connectivity index (χ0) is 16.7. The fourth-order valence-electron chi connectivity index (χ4n) is 1.78. The lowest BCUT2D eigenvalue weighted by molar-refractivity contribution is 0.100. The highest BCUT2D eigenvalue weighted by Gasteiger charge is 2.01. The van der Waals surface area contributed by atoms with Gasteiger partial charge in [-0.15, -0.1) is 0 Å². The molecule has 120 valence electrons. The van der Waals surface area contributed by atoms with Crippen LogP contribution in [0.2, 0.25) is 5.02 Å². The number of primary amides is 1. The molecule has 0 aromatic heterocycles. The van der Waals surface area contributed by atoms with Gasteiger partial charge in [-0.1, -0.05) is 17.7 Å². The topological polar surface area (TPSA) is 76.4 Å². The number of benzene rings is 2. The minimum Gasteiger partial charge on any atom is -0.492 e. The van der Waals surface area contributed by atoms with E-state index in [0.29, 0.717) is 34.6 Å². The molecular weight excluding hydrogens is 334 g/mol. The van der Waals surface area contributed by atoms with E-state index >= 15 is 0 Å². The van der Waals surface area contributed by atoms with Crippen molar-refractivity contribution >= 4 is 40.5 Å². The molecule has 0 aliphatic heterocycles. The van der Waals surface area contributed by atoms with Crippen molar-refractivity contribution in [1.29, 1.82) is 0 Å². The van der Waals surface area contributed by atoms with Crippen LogP contribution < -0.4 is 21.1 Å². The molecule has 7 heteroatoms. The smallest absolute Gasteiger partial charge is 0.248 e. The summed E-state index contributed by atoms with van der Waals surface area (Å²) < 4.78 is 5.54. The third-order valence-corrected chi connectivity index (χ3v) is 3.36. The SMILES string of the molecule is NC(=O)c1ccc(NC(=S)NCCOc2cccc(Cl)c2)cc1. The Kier molecular flexibility index (Phi) is 6.19. The molecular formula is C16H16ClN3O2S. The van der Waals surface area contributed by atoms with Gasteiger partial charge in [0.1, 0.15) is 12.4 Å². The number of rotatable bonds is 6. The molecule has 5 nitrogen and oxygen atoms in total. The Balaban J connectivity index is 1.71. The van der Waals surface area contributed by atoms with Crippen LogP contribution in [0.4, 0.5) is 5.69 Å². The Morgan fingerprint density at radius 3 is 2.61 bits per heavy atom. The van der Waals surface area contributed by atoms with Crippen molar-refractivity contribution < 1.29 is 9.53 Å². The first kappa shape index (κ1) is 17.1. The van der Waals surface area contributed by atoms with Crippen LogP contribution in [0, 0.1) is 0 Å². The average Bonchev–Trinajstić information content (AvgIpc) is 2.52.